The van der Waals surface area contributed by atoms with Gasteiger partial charge >= 0.3 is 75.1 Å². The molecule has 0 fully saturated rings. The Morgan fingerprint density at radius 1 is 0.515 bits per heavy atom. The molecule has 22 nitrogen and oxygen atoms in total. The molecule has 13 N–H and O–H groups in total. The van der Waals surface area contributed by atoms with E-state index in [1.165, 1.54) is 0 Å². The Balaban J connectivity index is -0.00000165. The first-order chi connectivity index (χ1) is 13.5. The van der Waals surface area contributed by atoms with Crippen LogP contribution in [0, 0.1) is 0 Å². The van der Waals surface area contributed by atoms with Crippen molar-refractivity contribution in [3.05, 3.63) is 0 Å². The molecule has 0 saturated heterocycles. The molecule has 0 bridgehead atoms. The molecule has 33 heavy (non-hydrogen) atoms. The normalized spacial score (nSPS) is 15.3. The Bertz CT molecular complexity index is 774. The van der Waals surface area contributed by atoms with Crippen LogP contribution in [-0.2, 0) is 38.8 Å². The molecular weight excluding hydrogens is 627 g/mol. The van der Waals surface area contributed by atoms with Gasteiger partial charge in [0.1, 0.15) is 0 Å². The van der Waals surface area contributed by atoms with Gasteiger partial charge in [-0.2, -0.15) is 0 Å². The number of hydrogen-bond acceptors (Lipinski definition) is 9. The van der Waals surface area contributed by atoms with Crippen LogP contribution in [0.3, 0.4) is 0 Å². The average molecular weight is 643 g/mol. The molecule has 0 rings (SSSR count). The van der Waals surface area contributed by atoms with Gasteiger partial charge in [-0.1, -0.05) is 0 Å². The minimum atomic E-state index is -6.55. The summed E-state index contributed by atoms with van der Waals surface area (Å²) in [5, 5.41) is 0. The summed E-state index contributed by atoms with van der Waals surface area (Å²) in [6.07, 6.45) is 0. The molecule has 1 atom stereocenters. The van der Waals surface area contributed by atoms with Crippen molar-refractivity contribution in [1.29, 1.82) is 0 Å². The fraction of sp³-hybridized carbons (Fsp3) is 1.00. The monoisotopic (exact) mass is 643 g/mol. The Morgan fingerprint density at radius 2 is 0.606 bits per heavy atom. The fourth-order valence-corrected chi connectivity index (χ4v) is 11.6. The summed E-state index contributed by atoms with van der Waals surface area (Å²) in [5.74, 6) is 0. The maximum absolute atomic E-state index is 11.5. The van der Waals surface area contributed by atoms with Gasteiger partial charge in [-0.3, -0.25) is 27.4 Å². The molecule has 0 amide bonds. The van der Waals surface area contributed by atoms with Gasteiger partial charge in [0.15, 0.2) is 0 Å². The van der Waals surface area contributed by atoms with Gasteiger partial charge in [0.05, 0.1) is 11.4 Å². The quantitative estimate of drug-likeness (QED) is 0.0631. The molecule has 0 spiro atoms. The van der Waals surface area contributed by atoms with Gasteiger partial charge in [-0.25, -0.2) is 9.11 Å². The van der Waals surface area contributed by atoms with Gasteiger partial charge in [-0.15, -0.1) is 0 Å². The van der Waals surface area contributed by atoms with E-state index in [-0.39, 0.29) is 29.6 Å². The van der Waals surface area contributed by atoms with Crippen LogP contribution in [-0.4, -0.2) is 93.5 Å². The van der Waals surface area contributed by atoms with Crippen LogP contribution in [0.5, 0.6) is 0 Å². The van der Waals surface area contributed by atoms with Gasteiger partial charge in [0.2, 0.25) is 16.6 Å². The minimum Gasteiger partial charge on any atom is -0.750 e. The van der Waals surface area contributed by atoms with Crippen molar-refractivity contribution in [2.75, 3.05) is 0 Å². The van der Waals surface area contributed by atoms with Gasteiger partial charge < -0.3 is 67.8 Å². The molecule has 0 saturated carbocycles. The molecule has 0 aromatic carbocycles. The second-order valence-electron chi connectivity index (χ2n) is 5.24. The molecule has 1 unspecified atom stereocenters. The van der Waals surface area contributed by atoms with E-state index < -0.39 is 78.4 Å². The van der Waals surface area contributed by atoms with Crippen molar-refractivity contribution in [2.24, 2.45) is 0 Å². The molecule has 196 valence electrons. The molecular formula is C3H16NNaO21P6S. The first-order valence-corrected chi connectivity index (χ1v) is 17.5. The smallest absolute Gasteiger partial charge is 0.750 e. The Kier molecular flexibility index (Phi) is 15.7. The molecule has 30 heteroatoms. The molecule has 0 aromatic heterocycles. The third-order valence-electron chi connectivity index (χ3n) is 2.61. The molecule has 0 heterocycles. The second kappa shape index (κ2) is 13.1. The van der Waals surface area contributed by atoms with Crippen LogP contribution in [0.1, 0.15) is 0 Å². The van der Waals surface area contributed by atoms with Crippen molar-refractivity contribution in [2.45, 2.75) is 16.6 Å². The summed E-state index contributed by atoms with van der Waals surface area (Å²) in [6, 6.07) is 0. The second-order valence-corrected chi connectivity index (χ2v) is 16.9. The molecule has 0 radical (unpaired) electrons. The SMILES string of the molecule is O=P(O)(O)C(N(C(P(=O)(O)O)P(=O)(O)O)C(P(=O)(O)O)P(=O)(O)O)P(=O)(O)O.O=S([O-])O.[Na+]. The maximum atomic E-state index is 11.5. The van der Waals surface area contributed by atoms with Crippen LogP contribution in [0.15, 0.2) is 0 Å². The van der Waals surface area contributed by atoms with Crippen LogP contribution in [0.2, 0.25) is 0 Å². The van der Waals surface area contributed by atoms with E-state index >= 15 is 0 Å². The molecule has 0 aliphatic heterocycles. The van der Waals surface area contributed by atoms with Crippen molar-refractivity contribution in [3.8, 4) is 0 Å². The topological polar surface area (TPSA) is 409 Å². The predicted molar refractivity (Wildman–Crippen MR) is 97.0 cm³/mol. The predicted octanol–water partition coefficient (Wildman–Crippen LogP) is -6.45. The zero-order chi connectivity index (χ0) is 26.9. The molecule has 0 aliphatic carbocycles. The van der Waals surface area contributed by atoms with Gasteiger partial charge in [0, 0.05) is 0 Å². The summed E-state index contributed by atoms with van der Waals surface area (Å²) in [5.41, 5.74) is -12.5. The van der Waals surface area contributed by atoms with Crippen LogP contribution >= 0.6 is 45.6 Å². The molecule has 0 aromatic rings. The third-order valence-corrected chi connectivity index (χ3v) is 13.2. The average Bonchev–Trinajstić information content (AvgIpc) is 2.24. The number of rotatable bonds is 9. The Hall–Kier alpha value is 1.93. The summed E-state index contributed by atoms with van der Waals surface area (Å²) in [4.78, 5) is 108. The standard InChI is InChI=1S/C3H15NO18P6.Na.H2O3S/c5-23(6,7)1(24(8,9)10)4(2(25(11,12)13)26(14,15)16)3(27(17,18)19)28(20,21)22;;1-4(2)3/h1-3H,(H2,5,6,7)(H2,8,9,10)(H2,11,12,13)(H2,14,15,16)(H2,17,18,19)(H2,20,21,22);;(H2,1,2,3)/q;+1;/p-1. The van der Waals surface area contributed by atoms with Gasteiger partial charge in [0.25, 0.3) is 0 Å². The van der Waals surface area contributed by atoms with Gasteiger partial charge in [-0.05, 0) is 0 Å². The number of nitrogens with zero attached hydrogens (tertiary/aromatic N) is 1. The zero-order valence-corrected chi connectivity index (χ0v) is 23.5. The van der Waals surface area contributed by atoms with E-state index in [9.17, 15) is 27.4 Å². The summed E-state index contributed by atoms with van der Waals surface area (Å²) >= 11 is -2.86. The Labute approximate surface area is 206 Å². The largest absolute Gasteiger partial charge is 1.00 e. The summed E-state index contributed by atoms with van der Waals surface area (Å²) < 4.78 is 93.0. The van der Waals surface area contributed by atoms with Crippen molar-refractivity contribution >= 4 is 56.9 Å². The van der Waals surface area contributed by atoms with E-state index in [2.05, 4.69) is 0 Å². The zero-order valence-electron chi connectivity index (χ0n) is 15.4. The summed E-state index contributed by atoms with van der Waals surface area (Å²) in [7, 11) is -39.3. The van der Waals surface area contributed by atoms with Crippen LogP contribution in [0.25, 0.3) is 0 Å². The molecule has 0 aliphatic rings. The fourth-order valence-electron chi connectivity index (χ4n) is 1.99. The van der Waals surface area contributed by atoms with E-state index in [1.807, 2.05) is 0 Å². The third kappa shape index (κ3) is 13.9. The van der Waals surface area contributed by atoms with E-state index in [0.29, 0.717) is 0 Å². The first-order valence-electron chi connectivity index (χ1n) is 6.34. The Morgan fingerprint density at radius 3 is 0.667 bits per heavy atom. The van der Waals surface area contributed by atoms with Crippen LogP contribution < -0.4 is 29.6 Å². The van der Waals surface area contributed by atoms with E-state index in [0.717, 1.165) is 0 Å². The minimum absolute atomic E-state index is 0. The van der Waals surface area contributed by atoms with E-state index in [1.54, 1.807) is 0 Å². The maximum Gasteiger partial charge on any atom is 1.00 e. The van der Waals surface area contributed by atoms with Crippen molar-refractivity contribution in [1.82, 2.24) is 4.90 Å². The summed E-state index contributed by atoms with van der Waals surface area (Å²) in [6.45, 7) is 0. The van der Waals surface area contributed by atoms with Crippen molar-refractivity contribution < 1.29 is 129 Å². The first kappa shape index (κ1) is 39.4. The van der Waals surface area contributed by atoms with Crippen LogP contribution in [0.4, 0.5) is 0 Å². The van der Waals surface area contributed by atoms with Crippen molar-refractivity contribution in [3.63, 3.8) is 0 Å². The number of hydrogen-bond donors (Lipinski definition) is 13. The van der Waals surface area contributed by atoms with E-state index in [4.69, 9.17) is 72.0 Å².